The second-order valence-corrected chi connectivity index (χ2v) is 6.08. The van der Waals surface area contributed by atoms with Crippen LogP contribution >= 0.6 is 0 Å². The van der Waals surface area contributed by atoms with Gasteiger partial charge in [0.2, 0.25) is 5.91 Å². The fourth-order valence-electron chi connectivity index (χ4n) is 2.82. The van der Waals surface area contributed by atoms with Crippen molar-refractivity contribution in [2.45, 2.75) is 25.7 Å². The first kappa shape index (κ1) is 18.5. The van der Waals surface area contributed by atoms with Gasteiger partial charge in [-0.25, -0.2) is 4.79 Å². The van der Waals surface area contributed by atoms with Crippen LogP contribution in [0.15, 0.2) is 36.9 Å². The van der Waals surface area contributed by atoms with E-state index in [1.54, 1.807) is 30.3 Å². The quantitative estimate of drug-likeness (QED) is 0.595. The average molecular weight is 345 g/mol. The van der Waals surface area contributed by atoms with Gasteiger partial charge in [-0.3, -0.25) is 9.59 Å². The third kappa shape index (κ3) is 5.63. The normalized spacial score (nSPS) is 19.5. The molecule has 4 N–H and O–H groups in total. The molecule has 0 aromatic heterocycles. The van der Waals surface area contributed by atoms with Crippen molar-refractivity contribution in [3.05, 3.63) is 36.9 Å². The summed E-state index contributed by atoms with van der Waals surface area (Å²) in [4.78, 5) is 34.8. The number of carbonyl (C=O) groups excluding carboxylic acids is 2. The molecule has 0 spiro atoms. The highest BCUT2D eigenvalue weighted by atomic mass is 16.4. The highest BCUT2D eigenvalue weighted by Gasteiger charge is 2.29. The van der Waals surface area contributed by atoms with E-state index in [4.69, 9.17) is 5.11 Å². The van der Waals surface area contributed by atoms with Gasteiger partial charge in [0.15, 0.2) is 0 Å². The minimum atomic E-state index is -0.779. The van der Waals surface area contributed by atoms with Gasteiger partial charge in [-0.15, -0.1) is 6.58 Å². The number of benzene rings is 1. The van der Waals surface area contributed by atoms with Crippen molar-refractivity contribution < 1.29 is 19.5 Å². The summed E-state index contributed by atoms with van der Waals surface area (Å²) in [6.07, 6.45) is 3.84. The zero-order valence-electron chi connectivity index (χ0n) is 14.0. The zero-order chi connectivity index (χ0) is 18.2. The fraction of sp³-hybridized carbons (Fsp3) is 0.389. The van der Waals surface area contributed by atoms with Gasteiger partial charge in [0, 0.05) is 23.8 Å². The Labute approximate surface area is 146 Å². The molecule has 0 atom stereocenters. The lowest BCUT2D eigenvalue weighted by molar-refractivity contribution is -0.143. The van der Waals surface area contributed by atoms with Crippen molar-refractivity contribution in [2.75, 3.05) is 17.2 Å². The maximum Gasteiger partial charge on any atom is 0.319 e. The largest absolute Gasteiger partial charge is 0.481 e. The van der Waals surface area contributed by atoms with Gasteiger partial charge in [0.25, 0.3) is 0 Å². The average Bonchev–Trinajstić information content (AvgIpc) is 2.61. The molecule has 0 radical (unpaired) electrons. The fourth-order valence-corrected chi connectivity index (χ4v) is 2.82. The SMILES string of the molecule is C=CCNC(=O)Nc1ccc(NC(=O)C2CCC(C(=O)O)CC2)cc1. The first-order valence-corrected chi connectivity index (χ1v) is 8.29. The van der Waals surface area contributed by atoms with E-state index in [9.17, 15) is 14.4 Å². The van der Waals surface area contributed by atoms with Crippen LogP contribution in [0.25, 0.3) is 0 Å². The number of anilines is 2. The molecule has 7 nitrogen and oxygen atoms in total. The lowest BCUT2D eigenvalue weighted by atomic mass is 9.81. The molecule has 0 saturated heterocycles. The van der Waals surface area contributed by atoms with Crippen LogP contribution in [0.5, 0.6) is 0 Å². The molecule has 1 aliphatic rings. The zero-order valence-corrected chi connectivity index (χ0v) is 14.0. The Morgan fingerprint density at radius 3 is 2.04 bits per heavy atom. The van der Waals surface area contributed by atoms with Crippen LogP contribution < -0.4 is 16.0 Å². The van der Waals surface area contributed by atoms with E-state index < -0.39 is 5.97 Å². The number of urea groups is 1. The molecular weight excluding hydrogens is 322 g/mol. The van der Waals surface area contributed by atoms with E-state index in [-0.39, 0.29) is 23.8 Å². The summed E-state index contributed by atoms with van der Waals surface area (Å²) in [5, 5.41) is 17.1. The minimum absolute atomic E-state index is 0.0896. The smallest absolute Gasteiger partial charge is 0.319 e. The van der Waals surface area contributed by atoms with Crippen molar-refractivity contribution in [2.24, 2.45) is 11.8 Å². The summed E-state index contributed by atoms with van der Waals surface area (Å²) < 4.78 is 0. The summed E-state index contributed by atoms with van der Waals surface area (Å²) in [5.41, 5.74) is 1.25. The number of rotatable bonds is 6. The first-order chi connectivity index (χ1) is 12.0. The maximum absolute atomic E-state index is 12.3. The summed E-state index contributed by atoms with van der Waals surface area (Å²) in [7, 11) is 0. The highest BCUT2D eigenvalue weighted by molar-refractivity contribution is 5.93. The predicted octanol–water partition coefficient (Wildman–Crippen LogP) is 2.82. The highest BCUT2D eigenvalue weighted by Crippen LogP contribution is 2.29. The van der Waals surface area contributed by atoms with Crippen molar-refractivity contribution in [3.63, 3.8) is 0 Å². The molecule has 0 unspecified atom stereocenters. The second-order valence-electron chi connectivity index (χ2n) is 6.08. The summed E-state index contributed by atoms with van der Waals surface area (Å²) >= 11 is 0. The van der Waals surface area contributed by atoms with Crippen molar-refractivity contribution >= 4 is 29.3 Å². The molecule has 134 valence electrons. The molecule has 1 aliphatic carbocycles. The number of carboxylic acids is 1. The van der Waals surface area contributed by atoms with Crippen LogP contribution in [-0.2, 0) is 9.59 Å². The Balaban J connectivity index is 1.82. The minimum Gasteiger partial charge on any atom is -0.481 e. The van der Waals surface area contributed by atoms with Crippen LogP contribution in [-0.4, -0.2) is 29.6 Å². The Morgan fingerprint density at radius 1 is 1.00 bits per heavy atom. The van der Waals surface area contributed by atoms with Gasteiger partial charge in [0.1, 0.15) is 0 Å². The molecule has 1 saturated carbocycles. The summed E-state index contributed by atoms with van der Waals surface area (Å²) in [6.45, 7) is 3.90. The maximum atomic E-state index is 12.3. The van der Waals surface area contributed by atoms with E-state index in [2.05, 4.69) is 22.5 Å². The molecule has 1 fully saturated rings. The number of hydrogen-bond acceptors (Lipinski definition) is 3. The van der Waals surface area contributed by atoms with Gasteiger partial charge < -0.3 is 21.1 Å². The van der Waals surface area contributed by atoms with Crippen molar-refractivity contribution in [1.82, 2.24) is 5.32 Å². The van der Waals surface area contributed by atoms with Gasteiger partial charge in [-0.2, -0.15) is 0 Å². The molecule has 2 rings (SSSR count). The number of hydrogen-bond donors (Lipinski definition) is 4. The van der Waals surface area contributed by atoms with Crippen LogP contribution in [0.2, 0.25) is 0 Å². The van der Waals surface area contributed by atoms with E-state index in [0.717, 1.165) is 0 Å². The van der Waals surface area contributed by atoms with Gasteiger partial charge in [-0.05, 0) is 49.9 Å². The van der Waals surface area contributed by atoms with Crippen LogP contribution in [0.3, 0.4) is 0 Å². The van der Waals surface area contributed by atoms with Crippen LogP contribution in [0.1, 0.15) is 25.7 Å². The van der Waals surface area contributed by atoms with Gasteiger partial charge >= 0.3 is 12.0 Å². The Hall–Kier alpha value is -2.83. The molecule has 1 aromatic carbocycles. The molecule has 25 heavy (non-hydrogen) atoms. The molecule has 3 amide bonds. The van der Waals surface area contributed by atoms with Crippen LogP contribution in [0.4, 0.5) is 16.2 Å². The first-order valence-electron chi connectivity index (χ1n) is 8.29. The molecule has 7 heteroatoms. The van der Waals surface area contributed by atoms with Crippen molar-refractivity contribution in [1.29, 1.82) is 0 Å². The van der Waals surface area contributed by atoms with E-state index in [0.29, 0.717) is 43.6 Å². The summed E-state index contributed by atoms with van der Waals surface area (Å²) in [6, 6.07) is 6.50. The Bertz CT molecular complexity index is 634. The third-order valence-electron chi connectivity index (χ3n) is 4.26. The number of carbonyl (C=O) groups is 3. The van der Waals surface area contributed by atoms with Crippen LogP contribution in [0, 0.1) is 11.8 Å². The Kier molecular flexibility index (Phi) is 6.56. The standard InChI is InChI=1S/C18H23N3O4/c1-2-11-19-18(25)21-15-9-7-14(8-10-15)20-16(22)12-3-5-13(6-4-12)17(23)24/h2,7-10,12-13H,1,3-6,11H2,(H,20,22)(H,23,24)(H2,19,21,25). The number of nitrogens with one attached hydrogen (secondary N) is 3. The molecule has 0 aliphatic heterocycles. The molecular formula is C18H23N3O4. The lowest BCUT2D eigenvalue weighted by Gasteiger charge is -2.25. The van der Waals surface area contributed by atoms with Gasteiger partial charge in [0.05, 0.1) is 5.92 Å². The lowest BCUT2D eigenvalue weighted by Crippen LogP contribution is -2.29. The number of aliphatic carboxylic acids is 1. The van der Waals surface area contributed by atoms with E-state index in [1.165, 1.54) is 0 Å². The Morgan fingerprint density at radius 2 is 1.52 bits per heavy atom. The summed E-state index contributed by atoms with van der Waals surface area (Å²) in [5.74, 6) is -1.35. The monoisotopic (exact) mass is 345 g/mol. The molecule has 1 aromatic rings. The topological polar surface area (TPSA) is 108 Å². The predicted molar refractivity (Wildman–Crippen MR) is 95.4 cm³/mol. The molecule has 0 bridgehead atoms. The number of carboxylic acid groups (broad SMARTS) is 1. The van der Waals surface area contributed by atoms with Gasteiger partial charge in [-0.1, -0.05) is 6.08 Å². The second kappa shape index (κ2) is 8.86. The van der Waals surface area contributed by atoms with E-state index in [1.807, 2.05) is 0 Å². The van der Waals surface area contributed by atoms with E-state index >= 15 is 0 Å². The van der Waals surface area contributed by atoms with Crippen molar-refractivity contribution in [3.8, 4) is 0 Å². The third-order valence-corrected chi connectivity index (χ3v) is 4.26. The molecule has 0 heterocycles. The number of amides is 3.